The van der Waals surface area contributed by atoms with Crippen LogP contribution in [0.3, 0.4) is 0 Å². The number of fused-ring (bicyclic) bond motifs is 12. The second-order valence-corrected chi connectivity index (χ2v) is 48.0. The predicted octanol–water partition coefficient (Wildman–Crippen LogP) is 42.1. The van der Waals surface area contributed by atoms with Crippen molar-refractivity contribution in [3.63, 3.8) is 0 Å². The molecule has 18 rings (SSSR count). The molecule has 672 valence electrons. The van der Waals surface area contributed by atoms with Gasteiger partial charge in [0.2, 0.25) is 0 Å². The van der Waals surface area contributed by atoms with E-state index < -0.39 is 0 Å². The molecular weight excluding hydrogens is 2380 g/mol. The zero-order valence-electron chi connectivity index (χ0n) is 77.9. The van der Waals surface area contributed by atoms with Gasteiger partial charge in [0.25, 0.3) is 0 Å². The zero-order chi connectivity index (χ0) is 93.9. The van der Waals surface area contributed by atoms with Crippen LogP contribution >= 0.6 is 191 Å². The summed E-state index contributed by atoms with van der Waals surface area (Å²) >= 11 is 43.8. The Labute approximate surface area is 877 Å². The fourth-order valence-corrected chi connectivity index (χ4v) is 25.8. The molecule has 0 fully saturated rings. The van der Waals surface area contributed by atoms with E-state index in [0.29, 0.717) is 11.8 Å². The van der Waals surface area contributed by atoms with E-state index in [9.17, 15) is 0 Å². The van der Waals surface area contributed by atoms with Crippen LogP contribution in [0, 0.1) is 81.1 Å². The lowest BCUT2D eigenvalue weighted by atomic mass is 9.67. The minimum atomic E-state index is -0.348. The highest BCUT2D eigenvalue weighted by Gasteiger charge is 2.48. The Hall–Kier alpha value is -5.16. The van der Waals surface area contributed by atoms with Crippen LogP contribution in [0.4, 0.5) is 0 Å². The summed E-state index contributed by atoms with van der Waals surface area (Å²) in [6.45, 7) is 40.2. The van der Waals surface area contributed by atoms with E-state index in [4.69, 9.17) is 0 Å². The quantitative estimate of drug-likeness (QED) is 0.0904. The van der Waals surface area contributed by atoms with Crippen molar-refractivity contribution < 1.29 is 0 Å². The second-order valence-electron chi connectivity index (χ2n) is 37.1. The van der Waals surface area contributed by atoms with Crippen molar-refractivity contribution in [3.05, 3.63) is 408 Å². The lowest BCUT2D eigenvalue weighted by Gasteiger charge is -2.37. The van der Waals surface area contributed by atoms with Crippen molar-refractivity contribution in [2.24, 2.45) is 11.8 Å². The van der Waals surface area contributed by atoms with Gasteiger partial charge in [-0.25, -0.2) is 0 Å². The standard InChI is InChI=1S/C27H20Br2.C23H28Br2.C21H24Br2.2C16H16Br2.C15H12Br2/c1-17-3-7-19(8-4-17)27(20-9-5-18(2)6-10-20)25-15-21(28)11-13-23(25)24-14-12-22(29)16-26(24)27;1-5-15(3)13-23(14-16(4)6-2)21-11-17(24)7-9-19(21)20-10-8-18(25)12-22(20)23;1-3-5-11-21(12-6-4-2)19-13-15(22)7-9-17(19)18-10-8-16(23)14-20(18)21;1-9-7-15(17)11(3)5-13(9)14-6-12(4)16(18)8-10(14)2;1-9-5-13(17)6-10(2)15(9)16-11(3)7-14(18)8-12(16)4;1-15(2)13-7-9(16)3-5-11(13)12-6-4-10(17)8-14(12)15/h3-16H,1-2H3;7-12,15-16H,5-6,13-14H2,1-4H3;7-10,13-14H,3-6,11-12H2,1-2H3;2*5-8H,1-4H3;3-8H,1-2H3. The van der Waals surface area contributed by atoms with E-state index in [2.05, 4.69) is 558 Å². The number of benzene rings is 14. The average molecular weight is 2490 g/mol. The van der Waals surface area contributed by atoms with E-state index >= 15 is 0 Å². The Morgan fingerprint density at radius 3 is 0.754 bits per heavy atom. The molecule has 14 aromatic carbocycles. The van der Waals surface area contributed by atoms with Crippen LogP contribution in [0.25, 0.3) is 66.8 Å². The first kappa shape index (κ1) is 102. The molecule has 0 spiro atoms. The third-order valence-corrected chi connectivity index (χ3v) is 34.0. The Morgan fingerprint density at radius 1 is 0.238 bits per heavy atom. The predicted molar refractivity (Wildman–Crippen MR) is 604 cm³/mol. The molecule has 0 N–H and O–H groups in total. The molecule has 0 saturated heterocycles. The number of aryl methyl sites for hydroxylation is 10. The van der Waals surface area contributed by atoms with Crippen molar-refractivity contribution in [1.82, 2.24) is 0 Å². The molecule has 0 nitrogen and oxygen atoms in total. The van der Waals surface area contributed by atoms with Crippen LogP contribution in [-0.4, -0.2) is 0 Å². The molecule has 0 bridgehead atoms. The van der Waals surface area contributed by atoms with Gasteiger partial charge in [0.15, 0.2) is 0 Å². The Morgan fingerprint density at radius 2 is 0.485 bits per heavy atom. The molecule has 12 heteroatoms. The first-order valence-electron chi connectivity index (χ1n) is 45.5. The highest BCUT2D eigenvalue weighted by Crippen LogP contribution is 2.61. The maximum atomic E-state index is 3.73. The third-order valence-electron chi connectivity index (χ3n) is 27.4. The van der Waals surface area contributed by atoms with Crippen LogP contribution in [0.5, 0.6) is 0 Å². The van der Waals surface area contributed by atoms with E-state index in [-0.39, 0.29) is 21.7 Å². The summed E-state index contributed by atoms with van der Waals surface area (Å²) in [5.74, 6) is 1.42. The summed E-state index contributed by atoms with van der Waals surface area (Å²) in [6.07, 6.45) is 12.5. The van der Waals surface area contributed by atoms with Gasteiger partial charge in [0.05, 0.1) is 5.41 Å². The van der Waals surface area contributed by atoms with Gasteiger partial charge >= 0.3 is 0 Å². The summed E-state index contributed by atoms with van der Waals surface area (Å²) in [5.41, 5.74) is 43.6. The van der Waals surface area contributed by atoms with Crippen LogP contribution in [0.15, 0.2) is 296 Å². The van der Waals surface area contributed by atoms with Crippen molar-refractivity contribution in [2.45, 2.75) is 210 Å². The summed E-state index contributed by atoms with van der Waals surface area (Å²) in [7, 11) is 0. The molecule has 2 unspecified atom stereocenters. The summed E-state index contributed by atoms with van der Waals surface area (Å²) in [4.78, 5) is 0. The fraction of sp³-hybridized carbons (Fsp3) is 0.288. The molecule has 4 aliphatic carbocycles. The van der Waals surface area contributed by atoms with Gasteiger partial charge in [0, 0.05) is 69.9 Å². The van der Waals surface area contributed by atoms with Crippen molar-refractivity contribution >= 4 is 191 Å². The summed E-state index contributed by atoms with van der Waals surface area (Å²) in [6, 6.07) is 89.6. The van der Waals surface area contributed by atoms with Crippen LogP contribution in [0.1, 0.15) is 231 Å². The first-order chi connectivity index (χ1) is 61.8. The minimum Gasteiger partial charge on any atom is -0.0654 e. The molecule has 2 atom stereocenters. The van der Waals surface area contributed by atoms with Gasteiger partial charge in [-0.2, -0.15) is 0 Å². The van der Waals surface area contributed by atoms with Crippen molar-refractivity contribution in [2.75, 3.05) is 0 Å². The highest BCUT2D eigenvalue weighted by molar-refractivity contribution is 9.12. The topological polar surface area (TPSA) is 0 Å². The largest absolute Gasteiger partial charge is 0.0714 e. The number of halogens is 12. The minimum absolute atomic E-state index is 0.0816. The number of hydrogen-bond acceptors (Lipinski definition) is 0. The summed E-state index contributed by atoms with van der Waals surface area (Å²) < 4.78 is 13.9. The van der Waals surface area contributed by atoms with E-state index in [0.717, 1.165) is 26.8 Å². The molecule has 0 aromatic heterocycles. The third kappa shape index (κ3) is 21.6. The molecular formula is C118H116Br12. The van der Waals surface area contributed by atoms with E-state index in [1.807, 2.05) is 0 Å². The van der Waals surface area contributed by atoms with Crippen molar-refractivity contribution in [3.8, 4) is 66.8 Å². The molecule has 0 saturated carbocycles. The average Bonchev–Trinajstić information content (AvgIpc) is 1.52. The van der Waals surface area contributed by atoms with Gasteiger partial charge in [-0.3, -0.25) is 0 Å². The Kier molecular flexibility index (Phi) is 34.4. The molecule has 0 amide bonds. The normalized spacial score (nSPS) is 14.0. The maximum Gasteiger partial charge on any atom is 0.0714 e. The fourth-order valence-electron chi connectivity index (χ4n) is 20.6. The molecule has 14 aromatic rings. The maximum absolute atomic E-state index is 3.73. The van der Waals surface area contributed by atoms with Crippen LogP contribution in [0.2, 0.25) is 0 Å². The van der Waals surface area contributed by atoms with Gasteiger partial charge in [-0.05, 0) is 407 Å². The highest BCUT2D eigenvalue weighted by atomic mass is 79.9. The monoisotopic (exact) mass is 2480 g/mol. The van der Waals surface area contributed by atoms with Crippen molar-refractivity contribution in [1.29, 1.82) is 0 Å². The zero-order valence-corrected chi connectivity index (χ0v) is 96.9. The lowest BCUT2D eigenvalue weighted by molar-refractivity contribution is 0.308. The van der Waals surface area contributed by atoms with Gasteiger partial charge < -0.3 is 0 Å². The van der Waals surface area contributed by atoms with E-state index in [1.165, 1.54) is 269 Å². The number of unbranched alkanes of at least 4 members (excludes halogenated alkanes) is 2. The second kappa shape index (κ2) is 43.7. The first-order valence-corrected chi connectivity index (χ1v) is 55.0. The number of hydrogen-bond donors (Lipinski definition) is 0. The van der Waals surface area contributed by atoms with E-state index in [1.54, 1.807) is 0 Å². The molecule has 4 aliphatic rings. The molecule has 0 aliphatic heterocycles. The SMILES string of the molecule is CC1(C)c2cc(Br)ccc2-c2ccc(Br)cc21.CCC(C)CC1(CC(C)CC)c2cc(Br)ccc2-c2ccc(Br)cc21.CCCCC1(CCCC)c2cc(Br)ccc2-c2ccc(Br)cc21.Cc1cc(-c2cc(C)c(Br)cc2C)c(C)cc1Br.Cc1cc(Br)cc(C)c1-c1c(C)cc(Br)cc1C.Cc1ccc(C2(c3ccc(C)cc3)c3cc(Br)ccc3-c3ccc(Br)cc32)cc1. The number of rotatable bonds is 16. The Bertz CT molecular complexity index is 6090. The lowest BCUT2D eigenvalue weighted by Crippen LogP contribution is -2.30. The molecule has 0 radical (unpaired) electrons. The van der Waals surface area contributed by atoms with Gasteiger partial charge in [-0.15, -0.1) is 0 Å². The smallest absolute Gasteiger partial charge is 0.0654 e. The van der Waals surface area contributed by atoms with Crippen LogP contribution < -0.4 is 0 Å². The summed E-state index contributed by atoms with van der Waals surface area (Å²) in [5, 5.41) is 0. The van der Waals surface area contributed by atoms with Gasteiger partial charge in [0.1, 0.15) is 0 Å². The van der Waals surface area contributed by atoms with Gasteiger partial charge in [-0.1, -0.05) is 405 Å². The molecule has 0 heterocycles. The Balaban J connectivity index is 0.000000134. The van der Waals surface area contributed by atoms with Crippen LogP contribution in [-0.2, 0) is 21.7 Å². The molecule has 130 heavy (non-hydrogen) atoms.